The molecule has 2 atom stereocenters. The van der Waals surface area contributed by atoms with Crippen LogP contribution in [0.4, 0.5) is 0 Å². The Morgan fingerprint density at radius 3 is 3.14 bits per heavy atom. The molecule has 2 aliphatic rings. The van der Waals surface area contributed by atoms with Crippen LogP contribution in [0, 0.1) is 5.92 Å². The van der Waals surface area contributed by atoms with E-state index in [1.807, 2.05) is 16.7 Å². The number of piperidine rings is 1. The Hall–Kier alpha value is -1.23. The van der Waals surface area contributed by atoms with Crippen molar-refractivity contribution in [1.29, 1.82) is 0 Å². The van der Waals surface area contributed by atoms with Crippen molar-refractivity contribution in [1.82, 2.24) is 9.88 Å². The van der Waals surface area contributed by atoms with Crippen LogP contribution in [0.3, 0.4) is 0 Å². The molecule has 3 heterocycles. The second-order valence-corrected chi connectivity index (χ2v) is 7.13. The molecular weight excluding hydrogens is 284 g/mol. The molecule has 0 bridgehead atoms. The fraction of sp³-hybridized carbons (Fsp3) is 0.625. The highest BCUT2D eigenvalue weighted by Gasteiger charge is 2.23. The van der Waals surface area contributed by atoms with Gasteiger partial charge in [-0.15, -0.1) is 0 Å². The van der Waals surface area contributed by atoms with Crippen molar-refractivity contribution < 1.29 is 9.53 Å². The van der Waals surface area contributed by atoms with Crippen LogP contribution in [-0.2, 0) is 0 Å². The van der Waals surface area contributed by atoms with Crippen LogP contribution < -0.4 is 4.74 Å². The normalized spacial score (nSPS) is 25.9. The van der Waals surface area contributed by atoms with Crippen molar-refractivity contribution in [3.63, 3.8) is 0 Å². The zero-order valence-electron chi connectivity index (χ0n) is 12.5. The van der Waals surface area contributed by atoms with E-state index >= 15 is 0 Å². The summed E-state index contributed by atoms with van der Waals surface area (Å²) in [7, 11) is 0. The van der Waals surface area contributed by atoms with Gasteiger partial charge in [-0.25, -0.2) is 4.98 Å². The lowest BCUT2D eigenvalue weighted by Crippen LogP contribution is -2.39. The van der Waals surface area contributed by atoms with Crippen molar-refractivity contribution in [2.24, 2.45) is 5.92 Å². The Labute approximate surface area is 130 Å². The van der Waals surface area contributed by atoms with Gasteiger partial charge in [0, 0.05) is 36.7 Å². The second-order valence-electron chi connectivity index (χ2n) is 5.98. The number of likely N-dealkylation sites (tertiary alicyclic amines) is 1. The van der Waals surface area contributed by atoms with E-state index in [2.05, 4.69) is 11.9 Å². The van der Waals surface area contributed by atoms with E-state index in [0.29, 0.717) is 17.4 Å². The standard InChI is InChI=1S/C16H22N2O2S/c1-12-3-2-7-18(10-12)16(19)13-4-6-17-15(9-13)20-14-5-8-21-11-14/h4,6,9,12,14H,2-3,5,7-8,10-11H2,1H3. The topological polar surface area (TPSA) is 42.4 Å². The third-order valence-corrected chi connectivity index (χ3v) is 5.23. The van der Waals surface area contributed by atoms with Crippen LogP contribution >= 0.6 is 11.8 Å². The van der Waals surface area contributed by atoms with Gasteiger partial charge in [-0.1, -0.05) is 6.92 Å². The van der Waals surface area contributed by atoms with Crippen molar-refractivity contribution in [3.8, 4) is 5.88 Å². The minimum absolute atomic E-state index is 0.106. The minimum Gasteiger partial charge on any atom is -0.473 e. The Bertz CT molecular complexity index is 503. The Kier molecular flexibility index (Phi) is 4.68. The molecule has 0 aliphatic carbocycles. The number of rotatable bonds is 3. The quantitative estimate of drug-likeness (QED) is 0.861. The highest BCUT2D eigenvalue weighted by Crippen LogP contribution is 2.23. The number of carbonyl (C=O) groups is 1. The number of hydrogen-bond donors (Lipinski definition) is 0. The average molecular weight is 306 g/mol. The number of pyridine rings is 1. The first-order valence-corrected chi connectivity index (χ1v) is 8.87. The van der Waals surface area contributed by atoms with Crippen molar-refractivity contribution in [2.75, 3.05) is 24.6 Å². The predicted octanol–water partition coefficient (Wildman–Crippen LogP) is 2.84. The summed E-state index contributed by atoms with van der Waals surface area (Å²) in [5, 5.41) is 0. The lowest BCUT2D eigenvalue weighted by molar-refractivity contribution is 0.0682. The third kappa shape index (κ3) is 3.70. The first-order valence-electron chi connectivity index (χ1n) is 7.72. The van der Waals surface area contributed by atoms with Crippen LogP contribution in [0.2, 0.25) is 0 Å². The van der Waals surface area contributed by atoms with E-state index < -0.39 is 0 Å². The molecule has 3 rings (SSSR count). The molecule has 1 aromatic heterocycles. The maximum absolute atomic E-state index is 12.6. The molecule has 21 heavy (non-hydrogen) atoms. The van der Waals surface area contributed by atoms with E-state index in [1.165, 1.54) is 6.42 Å². The molecule has 0 aromatic carbocycles. The fourth-order valence-electron chi connectivity index (χ4n) is 2.94. The van der Waals surface area contributed by atoms with Crippen molar-refractivity contribution in [2.45, 2.75) is 32.3 Å². The number of nitrogens with zero attached hydrogens (tertiary/aromatic N) is 2. The Morgan fingerprint density at radius 1 is 1.48 bits per heavy atom. The van der Waals surface area contributed by atoms with Crippen LogP contribution in [0.5, 0.6) is 5.88 Å². The molecule has 2 fully saturated rings. The average Bonchev–Trinajstić information content (AvgIpc) is 3.00. The zero-order valence-corrected chi connectivity index (χ0v) is 13.3. The van der Waals surface area contributed by atoms with Crippen molar-refractivity contribution in [3.05, 3.63) is 23.9 Å². The minimum atomic E-state index is 0.106. The zero-order chi connectivity index (χ0) is 14.7. The molecule has 114 valence electrons. The Balaban J connectivity index is 1.68. The Morgan fingerprint density at radius 2 is 2.38 bits per heavy atom. The van der Waals surface area contributed by atoms with Gasteiger partial charge in [0.05, 0.1) is 0 Å². The lowest BCUT2D eigenvalue weighted by atomic mass is 10.00. The molecule has 2 aliphatic heterocycles. The first-order chi connectivity index (χ1) is 10.2. The molecule has 0 N–H and O–H groups in total. The number of carbonyl (C=O) groups excluding carboxylic acids is 1. The van der Waals surface area contributed by atoms with E-state index in [1.54, 1.807) is 18.3 Å². The molecule has 1 amide bonds. The van der Waals surface area contributed by atoms with Gasteiger partial charge in [0.1, 0.15) is 6.10 Å². The van der Waals surface area contributed by atoms with Crippen LogP contribution in [0.25, 0.3) is 0 Å². The largest absolute Gasteiger partial charge is 0.473 e. The van der Waals surface area contributed by atoms with Gasteiger partial charge in [-0.2, -0.15) is 11.8 Å². The molecule has 4 nitrogen and oxygen atoms in total. The van der Waals surface area contributed by atoms with Gasteiger partial charge in [-0.3, -0.25) is 4.79 Å². The van der Waals surface area contributed by atoms with Crippen LogP contribution in [0.15, 0.2) is 18.3 Å². The van der Waals surface area contributed by atoms with E-state index in [0.717, 1.165) is 37.4 Å². The molecule has 2 unspecified atom stereocenters. The smallest absolute Gasteiger partial charge is 0.254 e. The van der Waals surface area contributed by atoms with Crippen LogP contribution in [0.1, 0.15) is 36.5 Å². The summed E-state index contributed by atoms with van der Waals surface area (Å²) < 4.78 is 5.87. The summed E-state index contributed by atoms with van der Waals surface area (Å²) in [6.07, 6.45) is 5.29. The van der Waals surface area contributed by atoms with Gasteiger partial charge in [0.2, 0.25) is 5.88 Å². The van der Waals surface area contributed by atoms with Gasteiger partial charge < -0.3 is 9.64 Å². The monoisotopic (exact) mass is 306 g/mol. The summed E-state index contributed by atoms with van der Waals surface area (Å²) >= 11 is 1.91. The maximum atomic E-state index is 12.6. The van der Waals surface area contributed by atoms with E-state index in [4.69, 9.17) is 4.74 Å². The summed E-state index contributed by atoms with van der Waals surface area (Å²) in [6.45, 7) is 3.93. The molecule has 0 radical (unpaired) electrons. The fourth-order valence-corrected chi connectivity index (χ4v) is 4.03. The molecule has 0 saturated carbocycles. The predicted molar refractivity (Wildman–Crippen MR) is 84.9 cm³/mol. The summed E-state index contributed by atoms with van der Waals surface area (Å²) in [5.41, 5.74) is 0.694. The molecule has 1 aromatic rings. The summed E-state index contributed by atoms with van der Waals surface area (Å²) in [6, 6.07) is 3.59. The SMILES string of the molecule is CC1CCCN(C(=O)c2ccnc(OC3CCSC3)c2)C1. The number of aromatic nitrogens is 1. The molecule has 0 spiro atoms. The molecule has 5 heteroatoms. The number of thioether (sulfide) groups is 1. The van der Waals surface area contributed by atoms with Gasteiger partial charge in [0.15, 0.2) is 0 Å². The lowest BCUT2D eigenvalue weighted by Gasteiger charge is -2.31. The second kappa shape index (κ2) is 6.69. The van der Waals surface area contributed by atoms with Gasteiger partial charge in [0.25, 0.3) is 5.91 Å². The van der Waals surface area contributed by atoms with Crippen molar-refractivity contribution >= 4 is 17.7 Å². The third-order valence-electron chi connectivity index (χ3n) is 4.10. The summed E-state index contributed by atoms with van der Waals surface area (Å²) in [4.78, 5) is 18.8. The summed E-state index contributed by atoms with van der Waals surface area (Å²) in [5.74, 6) is 3.45. The highest BCUT2D eigenvalue weighted by atomic mass is 32.2. The van der Waals surface area contributed by atoms with E-state index in [9.17, 15) is 4.79 Å². The van der Waals surface area contributed by atoms with E-state index in [-0.39, 0.29) is 12.0 Å². The van der Waals surface area contributed by atoms with Crippen LogP contribution in [-0.4, -0.2) is 46.5 Å². The highest BCUT2D eigenvalue weighted by molar-refractivity contribution is 7.99. The molecule has 2 saturated heterocycles. The number of ether oxygens (including phenoxy) is 1. The maximum Gasteiger partial charge on any atom is 0.254 e. The molecular formula is C16H22N2O2S. The number of amides is 1. The van der Waals surface area contributed by atoms with Gasteiger partial charge >= 0.3 is 0 Å². The number of hydrogen-bond acceptors (Lipinski definition) is 4. The van der Waals surface area contributed by atoms with Gasteiger partial charge in [-0.05, 0) is 37.0 Å². The first kappa shape index (κ1) is 14.7.